The van der Waals surface area contributed by atoms with E-state index in [0.29, 0.717) is 24.3 Å². The fraction of sp³-hybridized carbons (Fsp3) is 0.385. The first-order valence-electron chi connectivity index (χ1n) is 10.5. The van der Waals surface area contributed by atoms with Crippen LogP contribution in [-0.2, 0) is 9.47 Å². The number of hydrogen-bond donors (Lipinski definition) is 0. The molecule has 3 aromatic carbocycles. The van der Waals surface area contributed by atoms with Gasteiger partial charge in [-0.25, -0.2) is 9.59 Å². The van der Waals surface area contributed by atoms with Gasteiger partial charge in [0.25, 0.3) is 0 Å². The van der Waals surface area contributed by atoms with Crippen LogP contribution in [0.15, 0.2) is 36.4 Å². The molecule has 0 N–H and O–H groups in total. The van der Waals surface area contributed by atoms with Gasteiger partial charge in [0.05, 0.1) is 24.3 Å². The second-order valence-corrected chi connectivity index (χ2v) is 8.73. The molecule has 30 heavy (non-hydrogen) atoms. The lowest BCUT2D eigenvalue weighted by Gasteiger charge is -2.19. The Morgan fingerprint density at radius 1 is 0.700 bits per heavy atom. The second kappa shape index (κ2) is 8.86. The first-order valence-corrected chi connectivity index (χ1v) is 10.5. The smallest absolute Gasteiger partial charge is 0.339 e. The minimum atomic E-state index is -0.360. The Kier molecular flexibility index (Phi) is 6.45. The van der Waals surface area contributed by atoms with Crippen LogP contribution in [0, 0.1) is 25.7 Å². The summed E-state index contributed by atoms with van der Waals surface area (Å²) in [6.45, 7) is 12.6. The van der Waals surface area contributed by atoms with Crippen molar-refractivity contribution in [3.8, 4) is 0 Å². The molecular formula is C26H30O4. The van der Waals surface area contributed by atoms with Gasteiger partial charge in [0.2, 0.25) is 0 Å². The molecule has 0 saturated carbocycles. The van der Waals surface area contributed by atoms with Crippen LogP contribution in [0.4, 0.5) is 0 Å². The molecular weight excluding hydrogens is 376 g/mol. The van der Waals surface area contributed by atoms with E-state index in [9.17, 15) is 9.59 Å². The zero-order chi connectivity index (χ0) is 22.0. The summed E-state index contributed by atoms with van der Waals surface area (Å²) in [5.41, 5.74) is 2.88. The maximum Gasteiger partial charge on any atom is 0.339 e. The van der Waals surface area contributed by atoms with E-state index in [1.54, 1.807) is 0 Å². The van der Waals surface area contributed by atoms with E-state index < -0.39 is 0 Å². The molecule has 4 heteroatoms. The van der Waals surface area contributed by atoms with Crippen LogP contribution in [-0.4, -0.2) is 25.2 Å². The third-order valence-corrected chi connectivity index (χ3v) is 5.09. The average molecular weight is 407 g/mol. The summed E-state index contributed by atoms with van der Waals surface area (Å²) in [6.07, 6.45) is 0. The molecule has 0 heterocycles. The van der Waals surface area contributed by atoms with Gasteiger partial charge in [-0.3, -0.25) is 0 Å². The lowest BCUT2D eigenvalue weighted by Crippen LogP contribution is -2.15. The molecule has 0 aliphatic rings. The van der Waals surface area contributed by atoms with Crippen molar-refractivity contribution in [2.24, 2.45) is 11.8 Å². The predicted molar refractivity (Wildman–Crippen MR) is 121 cm³/mol. The summed E-state index contributed by atoms with van der Waals surface area (Å²) in [6, 6.07) is 11.5. The Morgan fingerprint density at radius 3 is 1.40 bits per heavy atom. The molecule has 0 spiro atoms. The van der Waals surface area contributed by atoms with Crippen LogP contribution in [0.2, 0.25) is 0 Å². The Balaban J connectivity index is 2.37. The highest BCUT2D eigenvalue weighted by atomic mass is 16.5. The van der Waals surface area contributed by atoms with Crippen molar-refractivity contribution < 1.29 is 19.1 Å². The zero-order valence-electron chi connectivity index (χ0n) is 18.7. The fourth-order valence-electron chi connectivity index (χ4n) is 3.74. The number of hydrogen-bond acceptors (Lipinski definition) is 4. The summed E-state index contributed by atoms with van der Waals surface area (Å²) >= 11 is 0. The number of carbonyl (C=O) groups excluding carboxylic acids is 2. The number of ether oxygens (including phenoxy) is 2. The molecule has 0 bridgehead atoms. The monoisotopic (exact) mass is 406 g/mol. The molecule has 0 atom stereocenters. The number of aryl methyl sites for hydroxylation is 2. The molecule has 0 amide bonds. The molecule has 158 valence electrons. The first-order chi connectivity index (χ1) is 14.2. The van der Waals surface area contributed by atoms with E-state index in [1.807, 2.05) is 77.9 Å². The van der Waals surface area contributed by atoms with Gasteiger partial charge in [-0.15, -0.1) is 0 Å². The van der Waals surface area contributed by atoms with E-state index in [2.05, 4.69) is 0 Å². The lowest BCUT2D eigenvalue weighted by atomic mass is 9.87. The molecule has 0 saturated heterocycles. The SMILES string of the molecule is Cc1cccc2c(C(=O)OCC(C)C)c3c(C)cccc3c(C(=O)OCC(C)C)c12. The van der Waals surface area contributed by atoms with E-state index in [4.69, 9.17) is 9.47 Å². The van der Waals surface area contributed by atoms with Gasteiger partial charge in [0, 0.05) is 10.8 Å². The third-order valence-electron chi connectivity index (χ3n) is 5.09. The van der Waals surface area contributed by atoms with Crippen LogP contribution in [0.5, 0.6) is 0 Å². The molecule has 0 aliphatic carbocycles. The summed E-state index contributed by atoms with van der Waals surface area (Å²) in [7, 11) is 0. The quantitative estimate of drug-likeness (QED) is 0.359. The Morgan fingerprint density at radius 2 is 1.07 bits per heavy atom. The summed E-state index contributed by atoms with van der Waals surface area (Å²) in [4.78, 5) is 26.4. The highest BCUT2D eigenvalue weighted by Gasteiger charge is 2.26. The maximum absolute atomic E-state index is 13.2. The van der Waals surface area contributed by atoms with Crippen molar-refractivity contribution >= 4 is 33.5 Å². The van der Waals surface area contributed by atoms with E-state index in [0.717, 1.165) is 32.7 Å². The molecule has 3 rings (SSSR count). The standard InChI is InChI=1S/C26H30O4/c1-15(2)13-29-25(27)23-19-11-7-10-18(6)22(19)24(26(28)30-14-16(3)4)20-12-8-9-17(5)21(20)23/h7-12,15-16H,13-14H2,1-6H3. The number of carbonyl (C=O) groups is 2. The summed E-state index contributed by atoms with van der Waals surface area (Å²) in [5.74, 6) is -0.249. The molecule has 0 radical (unpaired) electrons. The van der Waals surface area contributed by atoms with Crippen LogP contribution in [0.3, 0.4) is 0 Å². The first kappa shape index (κ1) is 21.8. The van der Waals surface area contributed by atoms with Gasteiger partial charge in [-0.1, -0.05) is 64.1 Å². The van der Waals surface area contributed by atoms with Gasteiger partial charge < -0.3 is 9.47 Å². The zero-order valence-corrected chi connectivity index (χ0v) is 18.7. The largest absolute Gasteiger partial charge is 0.462 e. The number of fused-ring (bicyclic) bond motifs is 2. The van der Waals surface area contributed by atoms with Crippen molar-refractivity contribution in [1.82, 2.24) is 0 Å². The average Bonchev–Trinajstić information content (AvgIpc) is 2.69. The third kappa shape index (κ3) is 4.18. The van der Waals surface area contributed by atoms with Crippen LogP contribution in [0.1, 0.15) is 59.5 Å². The van der Waals surface area contributed by atoms with Crippen molar-refractivity contribution in [1.29, 1.82) is 0 Å². The summed E-state index contributed by atoms with van der Waals surface area (Å²) < 4.78 is 11.2. The Bertz CT molecular complexity index is 1020. The van der Waals surface area contributed by atoms with Crippen molar-refractivity contribution in [2.75, 3.05) is 13.2 Å². The number of esters is 2. The van der Waals surface area contributed by atoms with Crippen LogP contribution < -0.4 is 0 Å². The molecule has 0 aromatic heterocycles. The van der Waals surface area contributed by atoms with Gasteiger partial charge in [0.15, 0.2) is 0 Å². The van der Waals surface area contributed by atoms with Gasteiger partial charge in [-0.05, 0) is 47.6 Å². The van der Waals surface area contributed by atoms with Gasteiger partial charge >= 0.3 is 11.9 Å². The van der Waals surface area contributed by atoms with E-state index in [1.165, 1.54) is 0 Å². The topological polar surface area (TPSA) is 52.6 Å². The van der Waals surface area contributed by atoms with E-state index in [-0.39, 0.29) is 23.8 Å². The number of rotatable bonds is 6. The Labute approximate surface area is 178 Å². The molecule has 0 unspecified atom stereocenters. The highest BCUT2D eigenvalue weighted by molar-refractivity contribution is 6.25. The second-order valence-electron chi connectivity index (χ2n) is 8.73. The molecule has 3 aromatic rings. The Hall–Kier alpha value is -2.88. The van der Waals surface area contributed by atoms with Crippen molar-refractivity contribution in [3.05, 3.63) is 58.7 Å². The van der Waals surface area contributed by atoms with Crippen molar-refractivity contribution in [2.45, 2.75) is 41.5 Å². The minimum absolute atomic E-state index is 0.236. The fourth-order valence-corrected chi connectivity index (χ4v) is 3.74. The lowest BCUT2D eigenvalue weighted by molar-refractivity contribution is 0.0452. The van der Waals surface area contributed by atoms with Crippen LogP contribution in [0.25, 0.3) is 21.5 Å². The van der Waals surface area contributed by atoms with Gasteiger partial charge in [-0.2, -0.15) is 0 Å². The molecule has 4 nitrogen and oxygen atoms in total. The highest BCUT2D eigenvalue weighted by Crippen LogP contribution is 2.37. The predicted octanol–water partition coefficient (Wildman–Crippen LogP) is 6.24. The molecule has 0 aliphatic heterocycles. The minimum Gasteiger partial charge on any atom is -0.462 e. The number of benzene rings is 3. The molecule has 0 fully saturated rings. The normalized spacial score (nSPS) is 11.5. The van der Waals surface area contributed by atoms with Crippen molar-refractivity contribution in [3.63, 3.8) is 0 Å². The maximum atomic E-state index is 13.2. The van der Waals surface area contributed by atoms with Crippen LogP contribution >= 0.6 is 0 Å². The van der Waals surface area contributed by atoms with E-state index >= 15 is 0 Å². The van der Waals surface area contributed by atoms with Gasteiger partial charge in [0.1, 0.15) is 0 Å². The summed E-state index contributed by atoms with van der Waals surface area (Å²) in [5, 5.41) is 2.95.